The van der Waals surface area contributed by atoms with Gasteiger partial charge in [0, 0.05) is 23.9 Å². The molecule has 1 unspecified atom stereocenters. The van der Waals surface area contributed by atoms with E-state index in [2.05, 4.69) is 57.4 Å². The highest BCUT2D eigenvalue weighted by molar-refractivity contribution is 7.09. The van der Waals surface area contributed by atoms with Gasteiger partial charge in [-0.1, -0.05) is 24.3 Å². The van der Waals surface area contributed by atoms with Gasteiger partial charge in [-0.25, -0.2) is 0 Å². The Morgan fingerprint density at radius 3 is 2.84 bits per heavy atom. The molecule has 5 heteroatoms. The number of rotatable bonds is 3. The molecule has 1 atom stereocenters. The Morgan fingerprint density at radius 1 is 1.24 bits per heavy atom. The minimum absolute atomic E-state index is 0.00137. The summed E-state index contributed by atoms with van der Waals surface area (Å²) in [5.41, 5.74) is 1.23. The molecule has 2 aliphatic rings. The van der Waals surface area contributed by atoms with Crippen molar-refractivity contribution in [1.29, 1.82) is 0 Å². The van der Waals surface area contributed by atoms with Gasteiger partial charge in [0.1, 0.15) is 11.4 Å². The molecule has 1 aromatic carbocycles. The van der Waals surface area contributed by atoms with Crippen LogP contribution in [-0.2, 0) is 6.54 Å². The van der Waals surface area contributed by atoms with E-state index in [-0.39, 0.29) is 11.6 Å². The van der Waals surface area contributed by atoms with E-state index >= 15 is 0 Å². The predicted molar refractivity (Wildman–Crippen MR) is 103 cm³/mol. The molecule has 25 heavy (non-hydrogen) atoms. The number of thiophene rings is 1. The first kappa shape index (κ1) is 16.5. The fourth-order valence-corrected chi connectivity index (χ4v) is 4.66. The number of nitrogens with one attached hydrogen (secondary N) is 2. The molecular formula is C20H25N3OS. The number of hydrogen-bond donors (Lipinski definition) is 2. The Morgan fingerprint density at radius 2 is 2.08 bits per heavy atom. The van der Waals surface area contributed by atoms with Gasteiger partial charge in [0.15, 0.2) is 5.96 Å². The van der Waals surface area contributed by atoms with Gasteiger partial charge in [-0.3, -0.25) is 4.99 Å². The molecule has 1 aromatic heterocycles. The lowest BCUT2D eigenvalue weighted by molar-refractivity contribution is 0.0396. The lowest BCUT2D eigenvalue weighted by Gasteiger charge is -2.40. The molecule has 1 fully saturated rings. The van der Waals surface area contributed by atoms with Gasteiger partial charge < -0.3 is 15.4 Å². The largest absolute Gasteiger partial charge is 0.487 e. The number of ether oxygens (including phenoxy) is 1. The summed E-state index contributed by atoms with van der Waals surface area (Å²) >= 11 is 1.76. The molecular weight excluding hydrogens is 330 g/mol. The zero-order valence-electron chi connectivity index (χ0n) is 14.6. The Labute approximate surface area is 153 Å². The van der Waals surface area contributed by atoms with E-state index in [1.54, 1.807) is 11.3 Å². The van der Waals surface area contributed by atoms with Crippen LogP contribution in [0.1, 0.15) is 48.6 Å². The fraction of sp³-hybridized carbons (Fsp3) is 0.450. The van der Waals surface area contributed by atoms with Gasteiger partial charge >= 0.3 is 0 Å². The Hall–Kier alpha value is -2.01. The van der Waals surface area contributed by atoms with Crippen molar-refractivity contribution in [2.75, 3.05) is 7.05 Å². The number of para-hydroxylation sites is 1. The normalized spacial score (nSPS) is 21.6. The number of guanidine groups is 1. The summed E-state index contributed by atoms with van der Waals surface area (Å²) in [7, 11) is 1.83. The number of nitrogens with zero attached hydrogens (tertiary/aromatic N) is 1. The summed E-state index contributed by atoms with van der Waals surface area (Å²) < 4.78 is 6.45. The van der Waals surface area contributed by atoms with Crippen LogP contribution in [0.2, 0.25) is 0 Å². The predicted octanol–water partition coefficient (Wildman–Crippen LogP) is 4.25. The minimum atomic E-state index is -0.00137. The first-order valence-corrected chi connectivity index (χ1v) is 9.93. The summed E-state index contributed by atoms with van der Waals surface area (Å²) in [4.78, 5) is 5.74. The second-order valence-electron chi connectivity index (χ2n) is 6.94. The molecule has 1 aliphatic heterocycles. The van der Waals surface area contributed by atoms with Crippen LogP contribution in [0.25, 0.3) is 0 Å². The third-order valence-corrected chi connectivity index (χ3v) is 6.13. The van der Waals surface area contributed by atoms with Crippen LogP contribution >= 0.6 is 11.3 Å². The van der Waals surface area contributed by atoms with Gasteiger partial charge in [0.25, 0.3) is 0 Å². The van der Waals surface area contributed by atoms with Crippen molar-refractivity contribution < 1.29 is 4.74 Å². The summed E-state index contributed by atoms with van der Waals surface area (Å²) in [5.74, 6) is 1.88. The first-order chi connectivity index (χ1) is 12.3. The van der Waals surface area contributed by atoms with E-state index in [1.807, 2.05) is 7.05 Å². The zero-order valence-corrected chi connectivity index (χ0v) is 15.4. The van der Waals surface area contributed by atoms with Crippen molar-refractivity contribution in [2.45, 2.75) is 50.3 Å². The topological polar surface area (TPSA) is 45.7 Å². The highest BCUT2D eigenvalue weighted by Gasteiger charge is 2.43. The smallest absolute Gasteiger partial charge is 0.191 e. The summed E-state index contributed by atoms with van der Waals surface area (Å²) in [6, 6.07) is 12.9. The zero-order chi connectivity index (χ0) is 17.1. The molecule has 132 valence electrons. The maximum absolute atomic E-state index is 6.45. The SMILES string of the molecule is CN=C(NCc1cccs1)NC1CC2(CCCC2)Oc2ccccc21. The number of hydrogen-bond acceptors (Lipinski definition) is 3. The van der Waals surface area contributed by atoms with Gasteiger partial charge in [-0.15, -0.1) is 11.3 Å². The molecule has 4 nitrogen and oxygen atoms in total. The Balaban J connectivity index is 1.51. The van der Waals surface area contributed by atoms with Gasteiger partial charge in [0.2, 0.25) is 0 Å². The number of fused-ring (bicyclic) bond motifs is 1. The minimum Gasteiger partial charge on any atom is -0.487 e. The molecule has 4 rings (SSSR count). The molecule has 2 N–H and O–H groups in total. The van der Waals surface area contributed by atoms with Crippen LogP contribution in [0.5, 0.6) is 5.75 Å². The maximum atomic E-state index is 6.45. The van der Waals surface area contributed by atoms with Crippen LogP contribution in [0.3, 0.4) is 0 Å². The third-order valence-electron chi connectivity index (χ3n) is 5.26. The average Bonchev–Trinajstić information content (AvgIpc) is 3.31. The van der Waals surface area contributed by atoms with Crippen LogP contribution in [0.4, 0.5) is 0 Å². The molecule has 1 aliphatic carbocycles. The molecule has 2 aromatic rings. The number of benzene rings is 1. The van der Waals surface area contributed by atoms with Crippen LogP contribution in [0.15, 0.2) is 46.8 Å². The lowest BCUT2D eigenvalue weighted by atomic mass is 9.86. The van der Waals surface area contributed by atoms with Crippen molar-refractivity contribution in [1.82, 2.24) is 10.6 Å². The highest BCUT2D eigenvalue weighted by atomic mass is 32.1. The van der Waals surface area contributed by atoms with E-state index in [9.17, 15) is 0 Å². The average molecular weight is 356 g/mol. The van der Waals surface area contributed by atoms with Crippen molar-refractivity contribution in [3.63, 3.8) is 0 Å². The quantitative estimate of drug-likeness (QED) is 0.639. The standard InChI is InChI=1S/C20H25N3OS/c1-21-19(22-14-15-7-6-12-25-15)23-17-13-20(10-4-5-11-20)24-18-9-3-2-8-16(17)18/h2-3,6-9,12,17H,4-5,10-11,13-14H2,1H3,(H2,21,22,23). The van der Waals surface area contributed by atoms with Crippen molar-refractivity contribution in [2.24, 2.45) is 4.99 Å². The molecule has 0 amide bonds. The summed E-state index contributed by atoms with van der Waals surface area (Å²) in [6.07, 6.45) is 5.84. The third kappa shape index (κ3) is 3.52. The van der Waals surface area contributed by atoms with E-state index in [4.69, 9.17) is 4.74 Å². The van der Waals surface area contributed by atoms with Gasteiger partial charge in [0.05, 0.1) is 12.6 Å². The van der Waals surface area contributed by atoms with Crippen LogP contribution in [0, 0.1) is 0 Å². The van der Waals surface area contributed by atoms with Crippen LogP contribution < -0.4 is 15.4 Å². The molecule has 0 saturated heterocycles. The lowest BCUT2D eigenvalue weighted by Crippen LogP contribution is -2.46. The second kappa shape index (κ2) is 7.08. The monoisotopic (exact) mass is 355 g/mol. The Kier molecular flexibility index (Phi) is 4.66. The van der Waals surface area contributed by atoms with E-state index in [0.717, 1.165) is 37.5 Å². The van der Waals surface area contributed by atoms with Crippen molar-refractivity contribution >= 4 is 17.3 Å². The summed E-state index contributed by atoms with van der Waals surface area (Å²) in [5, 5.41) is 9.18. The maximum Gasteiger partial charge on any atom is 0.191 e. The molecule has 1 spiro atoms. The van der Waals surface area contributed by atoms with Crippen LogP contribution in [-0.4, -0.2) is 18.6 Å². The summed E-state index contributed by atoms with van der Waals surface area (Å²) in [6.45, 7) is 0.799. The highest BCUT2D eigenvalue weighted by Crippen LogP contribution is 2.46. The fourth-order valence-electron chi connectivity index (χ4n) is 4.02. The van der Waals surface area contributed by atoms with Gasteiger partial charge in [-0.05, 0) is 43.2 Å². The van der Waals surface area contributed by atoms with Crippen molar-refractivity contribution in [3.8, 4) is 5.75 Å². The first-order valence-electron chi connectivity index (χ1n) is 9.05. The van der Waals surface area contributed by atoms with E-state index in [0.29, 0.717) is 0 Å². The van der Waals surface area contributed by atoms with E-state index < -0.39 is 0 Å². The van der Waals surface area contributed by atoms with Crippen molar-refractivity contribution in [3.05, 3.63) is 52.2 Å². The Bertz CT molecular complexity index is 735. The molecule has 0 radical (unpaired) electrons. The number of aliphatic imine (C=N–C) groups is 1. The molecule has 1 saturated carbocycles. The molecule has 2 heterocycles. The van der Waals surface area contributed by atoms with Gasteiger partial charge in [-0.2, -0.15) is 0 Å². The van der Waals surface area contributed by atoms with E-state index in [1.165, 1.54) is 23.3 Å². The second-order valence-corrected chi connectivity index (χ2v) is 7.97. The molecule has 0 bridgehead atoms.